The van der Waals surface area contributed by atoms with Gasteiger partial charge < -0.3 is 14.2 Å². The smallest absolute Gasteiger partial charge is 0.290 e. The molecular formula is C19H20N2O3. The van der Waals surface area contributed by atoms with E-state index in [1.807, 2.05) is 17.0 Å². The molecule has 0 bridgehead atoms. The van der Waals surface area contributed by atoms with Crippen molar-refractivity contribution in [1.29, 1.82) is 0 Å². The van der Waals surface area contributed by atoms with Crippen LogP contribution in [0.25, 0.3) is 0 Å². The molecule has 5 nitrogen and oxygen atoms in total. The second-order valence-corrected chi connectivity index (χ2v) is 6.41. The molecule has 0 radical (unpaired) electrons. The summed E-state index contributed by atoms with van der Waals surface area (Å²) >= 11 is 0. The Kier molecular flexibility index (Phi) is 3.84. The third-order valence-corrected chi connectivity index (χ3v) is 4.97. The highest BCUT2D eigenvalue weighted by atomic mass is 16.3. The maximum Gasteiger partial charge on any atom is 0.290 e. The molecule has 1 aromatic heterocycles. The van der Waals surface area contributed by atoms with Crippen LogP contribution in [0.3, 0.4) is 0 Å². The summed E-state index contributed by atoms with van der Waals surface area (Å²) in [7, 11) is 0. The number of rotatable bonds is 2. The van der Waals surface area contributed by atoms with E-state index in [-0.39, 0.29) is 17.9 Å². The number of hydrogen-bond acceptors (Lipinski definition) is 3. The fourth-order valence-corrected chi connectivity index (χ4v) is 3.70. The molecule has 0 N–H and O–H groups in total. The number of furan rings is 1. The lowest BCUT2D eigenvalue weighted by Gasteiger charge is -2.33. The predicted octanol–water partition coefficient (Wildman–Crippen LogP) is 2.47. The van der Waals surface area contributed by atoms with E-state index in [2.05, 4.69) is 12.1 Å². The molecule has 0 saturated carbocycles. The van der Waals surface area contributed by atoms with Gasteiger partial charge in [-0.3, -0.25) is 9.59 Å². The first-order valence-corrected chi connectivity index (χ1v) is 8.44. The summed E-state index contributed by atoms with van der Waals surface area (Å²) in [4.78, 5) is 29.1. The summed E-state index contributed by atoms with van der Waals surface area (Å²) in [5.74, 6) is 0.175. The average Bonchev–Trinajstić information content (AvgIpc) is 3.31. The summed E-state index contributed by atoms with van der Waals surface area (Å²) in [6, 6.07) is 11.2. The molecule has 0 aliphatic carbocycles. The van der Waals surface area contributed by atoms with Crippen molar-refractivity contribution in [1.82, 2.24) is 9.80 Å². The number of hydrogen-bond donors (Lipinski definition) is 0. The van der Waals surface area contributed by atoms with E-state index in [4.69, 9.17) is 4.42 Å². The highest BCUT2D eigenvalue weighted by Crippen LogP contribution is 2.25. The molecule has 3 heterocycles. The molecular weight excluding hydrogens is 304 g/mol. The number of fused-ring (bicyclic) bond motifs is 1. The lowest BCUT2D eigenvalue weighted by atomic mass is 9.99. The minimum absolute atomic E-state index is 0.0573. The topological polar surface area (TPSA) is 53.8 Å². The third kappa shape index (κ3) is 2.60. The lowest BCUT2D eigenvalue weighted by molar-refractivity contribution is -0.136. The molecule has 1 unspecified atom stereocenters. The van der Waals surface area contributed by atoms with E-state index in [0.29, 0.717) is 18.8 Å². The highest BCUT2D eigenvalue weighted by Gasteiger charge is 2.38. The fraction of sp³-hybridized carbons (Fsp3) is 0.368. The van der Waals surface area contributed by atoms with Gasteiger partial charge in [0, 0.05) is 19.6 Å². The van der Waals surface area contributed by atoms with Gasteiger partial charge in [0.1, 0.15) is 6.04 Å². The van der Waals surface area contributed by atoms with Crippen molar-refractivity contribution in [3.05, 3.63) is 59.5 Å². The zero-order valence-electron chi connectivity index (χ0n) is 13.5. The van der Waals surface area contributed by atoms with Crippen LogP contribution in [-0.4, -0.2) is 40.7 Å². The van der Waals surface area contributed by atoms with Crippen LogP contribution in [0.5, 0.6) is 0 Å². The van der Waals surface area contributed by atoms with Crippen LogP contribution in [0, 0.1) is 0 Å². The monoisotopic (exact) mass is 324 g/mol. The van der Waals surface area contributed by atoms with E-state index in [9.17, 15) is 9.59 Å². The quantitative estimate of drug-likeness (QED) is 0.853. The van der Waals surface area contributed by atoms with Gasteiger partial charge in [-0.05, 0) is 42.5 Å². The van der Waals surface area contributed by atoms with Crippen molar-refractivity contribution in [3.8, 4) is 0 Å². The van der Waals surface area contributed by atoms with Crippen LogP contribution < -0.4 is 0 Å². The maximum atomic E-state index is 13.0. The Morgan fingerprint density at radius 3 is 2.67 bits per heavy atom. The highest BCUT2D eigenvalue weighted by molar-refractivity contribution is 5.96. The van der Waals surface area contributed by atoms with Gasteiger partial charge in [0.15, 0.2) is 5.76 Å². The summed E-state index contributed by atoms with van der Waals surface area (Å²) in [6.45, 7) is 1.96. The molecule has 2 aliphatic heterocycles. The van der Waals surface area contributed by atoms with Crippen molar-refractivity contribution in [2.24, 2.45) is 0 Å². The van der Waals surface area contributed by atoms with E-state index in [0.717, 1.165) is 25.8 Å². The van der Waals surface area contributed by atoms with Gasteiger partial charge in [0.25, 0.3) is 5.91 Å². The standard InChI is InChI=1S/C19H20N2O3/c22-18(20-11-9-14-5-1-2-6-15(14)13-20)16-7-3-10-21(16)19(23)17-8-4-12-24-17/h1-2,4-6,8,12,16H,3,7,9-11,13H2. The second kappa shape index (κ2) is 6.15. The van der Waals surface area contributed by atoms with E-state index >= 15 is 0 Å². The second-order valence-electron chi connectivity index (χ2n) is 6.41. The molecule has 1 aromatic carbocycles. The first-order valence-electron chi connectivity index (χ1n) is 8.44. The van der Waals surface area contributed by atoms with Gasteiger partial charge in [-0.1, -0.05) is 24.3 Å². The zero-order valence-corrected chi connectivity index (χ0v) is 13.5. The van der Waals surface area contributed by atoms with Crippen LogP contribution in [0.1, 0.15) is 34.5 Å². The number of benzene rings is 1. The van der Waals surface area contributed by atoms with Crippen molar-refractivity contribution in [2.45, 2.75) is 31.8 Å². The summed E-state index contributed by atoms with van der Waals surface area (Å²) in [6.07, 6.45) is 3.94. The fourth-order valence-electron chi connectivity index (χ4n) is 3.70. The maximum absolute atomic E-state index is 13.0. The first-order chi connectivity index (χ1) is 11.7. The molecule has 124 valence electrons. The van der Waals surface area contributed by atoms with E-state index < -0.39 is 0 Å². The number of likely N-dealkylation sites (tertiary alicyclic amines) is 1. The number of carbonyl (C=O) groups excluding carboxylic acids is 2. The van der Waals surface area contributed by atoms with Crippen LogP contribution >= 0.6 is 0 Å². The van der Waals surface area contributed by atoms with Crippen molar-refractivity contribution in [2.75, 3.05) is 13.1 Å². The molecule has 2 aromatic rings. The summed E-state index contributed by atoms with van der Waals surface area (Å²) in [5.41, 5.74) is 2.52. The Morgan fingerprint density at radius 2 is 1.88 bits per heavy atom. The zero-order chi connectivity index (χ0) is 16.5. The number of carbonyl (C=O) groups is 2. The van der Waals surface area contributed by atoms with E-state index in [1.54, 1.807) is 17.0 Å². The van der Waals surface area contributed by atoms with Crippen LogP contribution in [0.15, 0.2) is 47.1 Å². The van der Waals surface area contributed by atoms with Crippen molar-refractivity contribution < 1.29 is 14.0 Å². The molecule has 1 saturated heterocycles. The van der Waals surface area contributed by atoms with E-state index in [1.165, 1.54) is 17.4 Å². The van der Waals surface area contributed by atoms with Gasteiger partial charge in [-0.25, -0.2) is 0 Å². The Morgan fingerprint density at radius 1 is 1.04 bits per heavy atom. The van der Waals surface area contributed by atoms with Gasteiger partial charge in [-0.15, -0.1) is 0 Å². The molecule has 1 atom stereocenters. The van der Waals surface area contributed by atoms with Crippen LogP contribution in [0.2, 0.25) is 0 Å². The Balaban J connectivity index is 1.51. The Labute approximate surface area is 140 Å². The molecule has 2 amide bonds. The Hall–Kier alpha value is -2.56. The molecule has 4 rings (SSSR count). The third-order valence-electron chi connectivity index (χ3n) is 4.97. The van der Waals surface area contributed by atoms with Crippen LogP contribution in [-0.2, 0) is 17.8 Å². The van der Waals surface area contributed by atoms with Gasteiger partial charge in [-0.2, -0.15) is 0 Å². The molecule has 24 heavy (non-hydrogen) atoms. The molecule has 2 aliphatic rings. The lowest BCUT2D eigenvalue weighted by Crippen LogP contribution is -2.49. The van der Waals surface area contributed by atoms with Gasteiger partial charge >= 0.3 is 0 Å². The summed E-state index contributed by atoms with van der Waals surface area (Å²) < 4.78 is 5.21. The summed E-state index contributed by atoms with van der Waals surface area (Å²) in [5, 5.41) is 0. The van der Waals surface area contributed by atoms with Crippen molar-refractivity contribution >= 4 is 11.8 Å². The Bertz CT molecular complexity index is 754. The molecule has 1 fully saturated rings. The molecule has 0 spiro atoms. The number of nitrogens with zero attached hydrogens (tertiary/aromatic N) is 2. The SMILES string of the molecule is O=C(C1CCCN1C(=O)c1ccco1)N1CCc2ccccc2C1. The number of amides is 2. The first kappa shape index (κ1) is 15.0. The average molecular weight is 324 g/mol. The normalized spacial score (nSPS) is 20.1. The predicted molar refractivity (Wildman–Crippen MR) is 88.3 cm³/mol. The minimum Gasteiger partial charge on any atom is -0.459 e. The largest absolute Gasteiger partial charge is 0.459 e. The van der Waals surface area contributed by atoms with Gasteiger partial charge in [0.05, 0.1) is 6.26 Å². The van der Waals surface area contributed by atoms with Gasteiger partial charge in [0.2, 0.25) is 5.91 Å². The molecule has 5 heteroatoms. The van der Waals surface area contributed by atoms with Crippen LogP contribution in [0.4, 0.5) is 0 Å². The van der Waals surface area contributed by atoms with Crippen molar-refractivity contribution in [3.63, 3.8) is 0 Å². The minimum atomic E-state index is -0.368.